The first kappa shape index (κ1) is 19.2. The molecule has 0 radical (unpaired) electrons. The van der Waals surface area contributed by atoms with Crippen molar-refractivity contribution in [2.45, 2.75) is 12.4 Å². The second-order valence-corrected chi connectivity index (χ2v) is 7.76. The molecule has 0 heterocycles. The molecule has 0 fully saturated rings. The van der Waals surface area contributed by atoms with Crippen LogP contribution in [0.1, 0.15) is 0 Å². The Morgan fingerprint density at radius 1 is 0.773 bits per heavy atom. The van der Waals surface area contributed by atoms with Crippen LogP contribution in [0.2, 0.25) is 0 Å². The number of halogens is 8. The van der Waals surface area contributed by atoms with Gasteiger partial charge in [-0.05, 0) is 0 Å². The summed E-state index contributed by atoms with van der Waals surface area (Å²) in [5.41, 5.74) is 0. The summed E-state index contributed by atoms with van der Waals surface area (Å²) >= 11 is -4.14. The predicted octanol–water partition coefficient (Wildman–Crippen LogP) is 3.47. The van der Waals surface area contributed by atoms with Crippen LogP contribution in [0.4, 0.5) is 26.3 Å². The summed E-state index contributed by atoms with van der Waals surface area (Å²) in [6.45, 7) is 0. The first-order chi connectivity index (χ1) is 10.0. The number of alkyl halides is 6. The Morgan fingerprint density at radius 2 is 1.09 bits per heavy atom. The molecule has 126 valence electrons. The fraction of sp³-hybridized carbons (Fsp3) is 0.200. The van der Waals surface area contributed by atoms with Gasteiger partial charge < -0.3 is 0 Å². The van der Waals surface area contributed by atoms with E-state index in [0.717, 1.165) is 0 Å². The zero-order valence-electron chi connectivity index (χ0n) is 10.0. The predicted molar refractivity (Wildman–Crippen MR) is 79.0 cm³/mol. The number of carbonyl (C=O) groups excluding carboxylic acids is 2. The van der Waals surface area contributed by atoms with Crippen LogP contribution < -0.4 is 0 Å². The van der Waals surface area contributed by atoms with Crippen molar-refractivity contribution in [1.29, 1.82) is 0 Å². The normalized spacial score (nSPS) is 12.3. The summed E-state index contributed by atoms with van der Waals surface area (Å²) in [4.78, 5) is 21.2. The molecule has 0 aliphatic carbocycles. The van der Waals surface area contributed by atoms with E-state index >= 15 is 0 Å². The van der Waals surface area contributed by atoms with Gasteiger partial charge in [0.1, 0.15) is 0 Å². The van der Waals surface area contributed by atoms with Crippen LogP contribution in [0.3, 0.4) is 0 Å². The van der Waals surface area contributed by atoms with Gasteiger partial charge in [0, 0.05) is 0 Å². The molecule has 0 unspecified atom stereocenters. The van der Waals surface area contributed by atoms with Gasteiger partial charge in [-0.15, -0.1) is 0 Å². The van der Waals surface area contributed by atoms with Gasteiger partial charge in [0.05, 0.1) is 0 Å². The van der Waals surface area contributed by atoms with Crippen molar-refractivity contribution in [3.05, 3.63) is 31.4 Å². The van der Waals surface area contributed by atoms with Crippen LogP contribution in [-0.2, 0) is 15.7 Å². The van der Waals surface area contributed by atoms with Gasteiger partial charge in [-0.3, -0.25) is 0 Å². The van der Waals surface area contributed by atoms with Crippen molar-refractivity contribution in [1.82, 2.24) is 0 Å². The van der Waals surface area contributed by atoms with E-state index < -0.39 is 67.5 Å². The van der Waals surface area contributed by atoms with E-state index in [-0.39, 0.29) is 7.14 Å². The van der Waals surface area contributed by atoms with E-state index in [9.17, 15) is 35.9 Å². The Hall–Kier alpha value is -0.800. The summed E-state index contributed by atoms with van der Waals surface area (Å²) in [7, 11) is 0. The fourth-order valence-electron chi connectivity index (χ4n) is 0.848. The molecule has 0 aromatic heterocycles. The van der Waals surface area contributed by atoms with Crippen molar-refractivity contribution in [2.24, 2.45) is 0 Å². The molecule has 0 saturated carbocycles. The molecule has 1 aromatic rings. The van der Waals surface area contributed by atoms with Crippen molar-refractivity contribution in [2.75, 3.05) is 0 Å². The molecule has 0 amide bonds. The van der Waals surface area contributed by atoms with E-state index in [4.69, 9.17) is 0 Å². The Labute approximate surface area is 140 Å². The van der Waals surface area contributed by atoms with Gasteiger partial charge in [0.25, 0.3) is 0 Å². The minimum atomic E-state index is -5.14. The monoisotopic (exact) mass is 558 g/mol. The van der Waals surface area contributed by atoms with Gasteiger partial charge in [-0.1, -0.05) is 0 Å². The summed E-state index contributed by atoms with van der Waals surface area (Å²) in [6.07, 6.45) is -10.3. The van der Waals surface area contributed by atoms with Crippen LogP contribution in [0.25, 0.3) is 0 Å². The molecule has 0 aliphatic heterocycles. The number of rotatable bonds is 4. The minimum absolute atomic E-state index is 0.169. The Balaban J connectivity index is 2.70. The van der Waals surface area contributed by atoms with E-state index in [1.807, 2.05) is 0 Å². The molecule has 22 heavy (non-hydrogen) atoms. The van der Waals surface area contributed by atoms with E-state index in [2.05, 4.69) is 6.13 Å². The third-order valence-electron chi connectivity index (χ3n) is 1.73. The summed E-state index contributed by atoms with van der Waals surface area (Å²) in [6, 6.07) is 5.47. The molecule has 0 saturated heterocycles. The van der Waals surface area contributed by atoms with Crippen LogP contribution in [0.15, 0.2) is 24.3 Å². The Morgan fingerprint density at radius 3 is 1.36 bits per heavy atom. The number of hydrogen-bond donors (Lipinski definition) is 0. The average molecular weight is 558 g/mol. The summed E-state index contributed by atoms with van der Waals surface area (Å²) < 4.78 is 80.6. The standard InChI is InChI=1S/C10H6F6I2O4/c11-9(12,13)7(19)21-17-5-3-1-2-4-6(5)18-22-8(20)10(14,15)16/h1-4,17-18H. The fourth-order valence-corrected chi connectivity index (χ4v) is 5.26. The molecule has 4 nitrogen and oxygen atoms in total. The molecule has 0 bridgehead atoms. The van der Waals surface area contributed by atoms with Crippen LogP contribution in [-0.4, -0.2) is 24.3 Å². The van der Waals surface area contributed by atoms with Crippen LogP contribution in [0.5, 0.6) is 0 Å². The molecule has 0 N–H and O–H groups in total. The second kappa shape index (κ2) is 7.65. The third-order valence-corrected chi connectivity index (χ3v) is 7.37. The third kappa shape index (κ3) is 6.13. The quantitative estimate of drug-likeness (QED) is 0.420. The maximum atomic E-state index is 12.0. The molecule has 1 rings (SSSR count). The molecule has 0 atom stereocenters. The van der Waals surface area contributed by atoms with Gasteiger partial charge in [0.15, 0.2) is 0 Å². The summed E-state index contributed by atoms with van der Waals surface area (Å²) in [5.74, 6) is -4.73. The Kier molecular flexibility index (Phi) is 6.69. The van der Waals surface area contributed by atoms with Gasteiger partial charge in [0.2, 0.25) is 0 Å². The molecule has 0 aliphatic rings. The van der Waals surface area contributed by atoms with Crippen LogP contribution >= 0.6 is 43.2 Å². The second-order valence-electron chi connectivity index (χ2n) is 3.35. The molecule has 0 spiro atoms. The topological polar surface area (TPSA) is 52.6 Å². The first-order valence-corrected chi connectivity index (χ1v) is 9.25. The van der Waals surface area contributed by atoms with Gasteiger partial charge in [-0.2, -0.15) is 0 Å². The summed E-state index contributed by atoms with van der Waals surface area (Å²) in [5, 5.41) is 0. The van der Waals surface area contributed by atoms with Crippen molar-refractivity contribution in [3.63, 3.8) is 0 Å². The van der Waals surface area contributed by atoms with Crippen molar-refractivity contribution in [3.8, 4) is 0 Å². The molecule has 1 aromatic carbocycles. The van der Waals surface area contributed by atoms with Crippen molar-refractivity contribution < 1.29 is 42.1 Å². The SMILES string of the molecule is O=C(O[IH]c1ccccc1[IH]OC(=O)C(F)(F)F)C(F)(F)F. The van der Waals surface area contributed by atoms with E-state index in [1.165, 1.54) is 24.3 Å². The number of carbonyl (C=O) groups is 2. The Bertz CT molecular complexity index is 508. The van der Waals surface area contributed by atoms with E-state index in [0.29, 0.717) is 0 Å². The van der Waals surface area contributed by atoms with Gasteiger partial charge in [-0.25, -0.2) is 0 Å². The first-order valence-electron chi connectivity index (χ1n) is 5.02. The molecular weight excluding hydrogens is 552 g/mol. The average Bonchev–Trinajstić information content (AvgIpc) is 2.40. The van der Waals surface area contributed by atoms with Crippen LogP contribution in [0, 0.1) is 7.14 Å². The molecular formula is C10H6F6I2O4. The number of hydrogen-bond acceptors (Lipinski definition) is 4. The maximum absolute atomic E-state index is 12.0. The number of benzene rings is 1. The van der Waals surface area contributed by atoms with Gasteiger partial charge >= 0.3 is 141 Å². The molecule has 12 heteroatoms. The zero-order valence-corrected chi connectivity index (χ0v) is 14.7. The zero-order chi connectivity index (χ0) is 17.0. The van der Waals surface area contributed by atoms with Crippen molar-refractivity contribution >= 4 is 55.2 Å². The van der Waals surface area contributed by atoms with E-state index in [1.54, 1.807) is 0 Å².